The van der Waals surface area contributed by atoms with Gasteiger partial charge in [0.15, 0.2) is 0 Å². The summed E-state index contributed by atoms with van der Waals surface area (Å²) in [6.45, 7) is -1.19. The van der Waals surface area contributed by atoms with Gasteiger partial charge in [0.1, 0.15) is 36.0 Å². The van der Waals surface area contributed by atoms with Crippen molar-refractivity contribution < 1.29 is 45.5 Å². The Morgan fingerprint density at radius 1 is 0.800 bits per heavy atom. The van der Waals surface area contributed by atoms with E-state index in [1.54, 1.807) is 0 Å². The molecule has 14 heteroatoms. The molecule has 1 fully saturated rings. The number of nitrogens with zero attached hydrogens (tertiary/aromatic N) is 1. The van der Waals surface area contributed by atoms with Crippen LogP contribution in [0.25, 0.3) is 0 Å². The molecule has 1 aliphatic rings. The molecule has 0 radical (unpaired) electrons. The van der Waals surface area contributed by atoms with Crippen molar-refractivity contribution in [2.45, 2.75) is 31.2 Å². The van der Waals surface area contributed by atoms with E-state index in [2.05, 4.69) is 10.6 Å². The van der Waals surface area contributed by atoms with E-state index in [1.165, 1.54) is 24.3 Å². The van der Waals surface area contributed by atoms with Gasteiger partial charge in [0.25, 0.3) is 5.91 Å². The number of benzene rings is 2. The lowest BCUT2D eigenvalue weighted by molar-refractivity contribution is -0.141. The number of aromatic nitrogens is 1. The molecular formula is C26H22F6N4O4. The lowest BCUT2D eigenvalue weighted by Crippen LogP contribution is -2.45. The first-order valence-electron chi connectivity index (χ1n) is 11.9. The Hall–Kier alpha value is -4.49. The second-order valence-electron chi connectivity index (χ2n) is 8.98. The van der Waals surface area contributed by atoms with Crippen molar-refractivity contribution in [1.82, 2.24) is 15.2 Å². The van der Waals surface area contributed by atoms with E-state index in [9.17, 15) is 40.7 Å². The van der Waals surface area contributed by atoms with Crippen molar-refractivity contribution in [3.05, 3.63) is 77.6 Å². The molecule has 0 saturated heterocycles. The number of hydrogen-bond donors (Lipinski definition) is 3. The number of rotatable bonds is 9. The molecule has 1 aliphatic carbocycles. The predicted molar refractivity (Wildman–Crippen MR) is 129 cm³/mol. The zero-order valence-electron chi connectivity index (χ0n) is 20.5. The van der Waals surface area contributed by atoms with Crippen molar-refractivity contribution in [2.75, 3.05) is 18.4 Å². The van der Waals surface area contributed by atoms with Crippen molar-refractivity contribution in [1.29, 1.82) is 0 Å². The van der Waals surface area contributed by atoms with Crippen molar-refractivity contribution in [3.8, 4) is 11.5 Å². The van der Waals surface area contributed by atoms with Gasteiger partial charge < -0.3 is 25.3 Å². The quantitative estimate of drug-likeness (QED) is 0.309. The van der Waals surface area contributed by atoms with Crippen LogP contribution in [0.4, 0.5) is 32.0 Å². The highest BCUT2D eigenvalue weighted by Gasteiger charge is 2.34. The van der Waals surface area contributed by atoms with Crippen LogP contribution in [0.2, 0.25) is 0 Å². The number of H-pyrrole nitrogens is 1. The molecule has 3 N–H and O–H groups in total. The summed E-state index contributed by atoms with van der Waals surface area (Å²) >= 11 is 0. The minimum atomic E-state index is -4.72. The Morgan fingerprint density at radius 2 is 1.38 bits per heavy atom. The Labute approximate surface area is 223 Å². The lowest BCUT2D eigenvalue weighted by Gasteiger charge is -2.21. The summed E-state index contributed by atoms with van der Waals surface area (Å²) in [7, 11) is 0. The molecular weight excluding hydrogens is 546 g/mol. The van der Waals surface area contributed by atoms with Crippen molar-refractivity contribution >= 4 is 23.4 Å². The molecule has 8 nitrogen and oxygen atoms in total. The maximum atomic E-state index is 13.0. The largest absolute Gasteiger partial charge is 0.457 e. The fourth-order valence-corrected chi connectivity index (χ4v) is 3.56. The summed E-state index contributed by atoms with van der Waals surface area (Å²) in [6.07, 6.45) is -7.66. The number of amides is 3. The molecule has 4 rings (SSSR count). The van der Waals surface area contributed by atoms with Crippen LogP contribution >= 0.6 is 0 Å². The highest BCUT2D eigenvalue weighted by Crippen LogP contribution is 2.32. The van der Waals surface area contributed by atoms with Gasteiger partial charge in [0, 0.05) is 11.7 Å². The Balaban J connectivity index is 1.39. The molecule has 0 unspecified atom stereocenters. The summed E-state index contributed by atoms with van der Waals surface area (Å²) in [5, 5.41) is 5.17. The summed E-state index contributed by atoms with van der Waals surface area (Å²) in [6, 6.07) is 11.4. The van der Waals surface area contributed by atoms with Crippen LogP contribution in [0.15, 0.2) is 60.7 Å². The molecule has 40 heavy (non-hydrogen) atoms. The molecule has 3 aromatic rings. The fraction of sp³-hybridized carbons (Fsp3) is 0.269. The molecule has 212 valence electrons. The normalized spacial score (nSPS) is 13.4. The molecule has 0 bridgehead atoms. The van der Waals surface area contributed by atoms with E-state index >= 15 is 0 Å². The van der Waals surface area contributed by atoms with Crippen molar-refractivity contribution in [3.63, 3.8) is 0 Å². The van der Waals surface area contributed by atoms with Crippen LogP contribution in [-0.2, 0) is 21.9 Å². The average Bonchev–Trinajstić information content (AvgIpc) is 3.53. The minimum Gasteiger partial charge on any atom is -0.457 e. The van der Waals surface area contributed by atoms with Crippen LogP contribution in [0.5, 0.6) is 11.5 Å². The molecule has 0 spiro atoms. The minimum absolute atomic E-state index is 0.0380. The van der Waals surface area contributed by atoms with Crippen LogP contribution in [0, 0.1) is 0 Å². The van der Waals surface area contributed by atoms with E-state index in [4.69, 9.17) is 4.74 Å². The highest BCUT2D eigenvalue weighted by atomic mass is 19.4. The number of aromatic amines is 1. The smallest absolute Gasteiger partial charge is 0.431 e. The number of carbonyl (C=O) groups is 3. The maximum Gasteiger partial charge on any atom is 0.431 e. The number of carbonyl (C=O) groups excluding carboxylic acids is 3. The first-order valence-corrected chi connectivity index (χ1v) is 11.9. The second kappa shape index (κ2) is 11.3. The third kappa shape index (κ3) is 7.77. The standard InChI is InChI=1S/C26H22F6N4O4/c27-25(28,29)15-1-7-18(8-2-15)40-19-9-5-17(6-10-19)34-23(38)14-36(13-22(37)33-16-3-4-16)24(39)20-11-12-21(35-20)26(30,31)32/h1-2,5-12,16,35H,3-4,13-14H2,(H,33,37)(H,34,38). The van der Waals surface area contributed by atoms with Crippen LogP contribution in [0.3, 0.4) is 0 Å². The average molecular weight is 568 g/mol. The number of hydrogen-bond acceptors (Lipinski definition) is 4. The second-order valence-corrected chi connectivity index (χ2v) is 8.98. The van der Waals surface area contributed by atoms with E-state index in [0.29, 0.717) is 6.07 Å². The number of halogens is 6. The van der Waals surface area contributed by atoms with Gasteiger partial charge in [-0.3, -0.25) is 14.4 Å². The van der Waals surface area contributed by atoms with E-state index < -0.39 is 60.1 Å². The van der Waals surface area contributed by atoms with E-state index in [1.807, 2.05) is 4.98 Å². The first-order chi connectivity index (χ1) is 18.8. The third-order valence-corrected chi connectivity index (χ3v) is 5.68. The highest BCUT2D eigenvalue weighted by molar-refractivity contribution is 6.00. The zero-order chi connectivity index (χ0) is 29.1. The summed E-state index contributed by atoms with van der Waals surface area (Å²) in [5.41, 5.74) is -2.16. The van der Waals surface area contributed by atoms with Gasteiger partial charge in [-0.25, -0.2) is 0 Å². The van der Waals surface area contributed by atoms with Gasteiger partial charge >= 0.3 is 12.4 Å². The Morgan fingerprint density at radius 3 is 1.90 bits per heavy atom. The van der Waals surface area contributed by atoms with Gasteiger partial charge in [0.05, 0.1) is 5.56 Å². The van der Waals surface area contributed by atoms with Gasteiger partial charge in [-0.05, 0) is 73.5 Å². The number of anilines is 1. The van der Waals surface area contributed by atoms with E-state index in [0.717, 1.165) is 48.1 Å². The van der Waals surface area contributed by atoms with Crippen LogP contribution in [0.1, 0.15) is 34.6 Å². The molecule has 0 atom stereocenters. The van der Waals surface area contributed by atoms with E-state index in [-0.39, 0.29) is 23.2 Å². The number of alkyl halides is 6. The monoisotopic (exact) mass is 568 g/mol. The summed E-state index contributed by atoms with van der Waals surface area (Å²) < 4.78 is 82.5. The summed E-state index contributed by atoms with van der Waals surface area (Å²) in [5.74, 6) is -1.85. The number of ether oxygens (including phenoxy) is 1. The maximum absolute atomic E-state index is 13.0. The molecule has 1 saturated carbocycles. The fourth-order valence-electron chi connectivity index (χ4n) is 3.56. The molecule has 1 aromatic heterocycles. The van der Waals surface area contributed by atoms with Gasteiger partial charge in [-0.15, -0.1) is 0 Å². The molecule has 1 heterocycles. The predicted octanol–water partition coefficient (Wildman–Crippen LogP) is 5.20. The van der Waals surface area contributed by atoms with Gasteiger partial charge in [-0.1, -0.05) is 0 Å². The Bertz CT molecular complexity index is 1360. The number of nitrogens with one attached hydrogen (secondary N) is 3. The molecule has 3 amide bonds. The van der Waals surface area contributed by atoms with Gasteiger partial charge in [-0.2, -0.15) is 26.3 Å². The summed E-state index contributed by atoms with van der Waals surface area (Å²) in [4.78, 5) is 40.7. The first kappa shape index (κ1) is 28.5. The third-order valence-electron chi connectivity index (χ3n) is 5.68. The lowest BCUT2D eigenvalue weighted by atomic mass is 10.2. The SMILES string of the molecule is O=C(CN(CC(=O)NC1CC1)C(=O)c1ccc(C(F)(F)F)[nH]1)Nc1ccc(Oc2ccc(C(F)(F)F)cc2)cc1. The van der Waals surface area contributed by atoms with Gasteiger partial charge in [0.2, 0.25) is 11.8 Å². The van der Waals surface area contributed by atoms with Crippen molar-refractivity contribution in [2.24, 2.45) is 0 Å². The molecule has 2 aromatic carbocycles. The van der Waals surface area contributed by atoms with Crippen LogP contribution < -0.4 is 15.4 Å². The van der Waals surface area contributed by atoms with Crippen LogP contribution in [-0.4, -0.2) is 46.7 Å². The molecule has 0 aliphatic heterocycles. The Kier molecular flexibility index (Phi) is 8.07. The topological polar surface area (TPSA) is 104 Å². The zero-order valence-corrected chi connectivity index (χ0v) is 20.5.